The van der Waals surface area contributed by atoms with Gasteiger partial charge < -0.3 is 11.1 Å². The molecule has 1 aromatic heterocycles. The molecule has 0 aliphatic heterocycles. The average molecular weight is 277 g/mol. The van der Waals surface area contributed by atoms with Gasteiger partial charge in [-0.15, -0.1) is 11.3 Å². The SMILES string of the molecule is NC(=S)c1cccc(CNC(=O)c2cscn2)c1. The molecule has 0 aliphatic rings. The lowest BCUT2D eigenvalue weighted by Crippen LogP contribution is -2.23. The summed E-state index contributed by atoms with van der Waals surface area (Å²) in [6.45, 7) is 0.423. The van der Waals surface area contributed by atoms with Gasteiger partial charge in [0.25, 0.3) is 5.91 Å². The minimum Gasteiger partial charge on any atom is -0.389 e. The lowest BCUT2D eigenvalue weighted by Gasteiger charge is -2.05. The number of aromatic nitrogens is 1. The number of amides is 1. The fraction of sp³-hybridized carbons (Fsp3) is 0.0833. The average Bonchev–Trinajstić information content (AvgIpc) is 2.90. The van der Waals surface area contributed by atoms with E-state index in [1.807, 2.05) is 24.3 Å². The van der Waals surface area contributed by atoms with Gasteiger partial charge >= 0.3 is 0 Å². The Morgan fingerprint density at radius 3 is 3.00 bits per heavy atom. The number of carbonyl (C=O) groups is 1. The topological polar surface area (TPSA) is 68.0 Å². The van der Waals surface area contributed by atoms with Crippen molar-refractivity contribution in [2.24, 2.45) is 5.73 Å². The number of hydrogen-bond donors (Lipinski definition) is 2. The molecule has 0 saturated carbocycles. The zero-order chi connectivity index (χ0) is 13.0. The number of nitrogens with one attached hydrogen (secondary N) is 1. The van der Waals surface area contributed by atoms with Crippen LogP contribution in [-0.4, -0.2) is 15.9 Å². The first-order valence-corrected chi connectivity index (χ1v) is 6.57. The van der Waals surface area contributed by atoms with Gasteiger partial charge in [-0.3, -0.25) is 4.79 Å². The Balaban J connectivity index is 2.00. The molecular weight excluding hydrogens is 266 g/mol. The van der Waals surface area contributed by atoms with Crippen molar-refractivity contribution in [3.05, 3.63) is 52.0 Å². The quantitative estimate of drug-likeness (QED) is 0.835. The Morgan fingerprint density at radius 2 is 2.33 bits per heavy atom. The van der Waals surface area contributed by atoms with Crippen molar-refractivity contribution >= 4 is 34.5 Å². The van der Waals surface area contributed by atoms with Crippen molar-refractivity contribution in [1.82, 2.24) is 10.3 Å². The van der Waals surface area contributed by atoms with E-state index in [1.54, 1.807) is 10.9 Å². The minimum absolute atomic E-state index is 0.183. The first-order valence-electron chi connectivity index (χ1n) is 5.22. The standard InChI is InChI=1S/C12H11N3OS2/c13-11(17)9-3-1-2-8(4-9)5-14-12(16)10-6-18-7-15-10/h1-4,6-7H,5H2,(H2,13,17)(H,14,16). The van der Waals surface area contributed by atoms with E-state index < -0.39 is 0 Å². The molecule has 1 heterocycles. The highest BCUT2D eigenvalue weighted by atomic mass is 32.1. The van der Waals surface area contributed by atoms with Crippen LogP contribution in [0.4, 0.5) is 0 Å². The first kappa shape index (κ1) is 12.7. The van der Waals surface area contributed by atoms with E-state index in [4.69, 9.17) is 18.0 Å². The molecule has 18 heavy (non-hydrogen) atoms. The highest BCUT2D eigenvalue weighted by molar-refractivity contribution is 7.80. The molecule has 2 rings (SSSR count). The Bertz CT molecular complexity index is 566. The van der Waals surface area contributed by atoms with Crippen molar-refractivity contribution in [2.45, 2.75) is 6.54 Å². The molecule has 0 saturated heterocycles. The zero-order valence-corrected chi connectivity index (χ0v) is 11.1. The third kappa shape index (κ3) is 3.12. The normalized spacial score (nSPS) is 10.0. The van der Waals surface area contributed by atoms with Gasteiger partial charge in [0.05, 0.1) is 5.51 Å². The molecule has 0 radical (unpaired) electrons. The van der Waals surface area contributed by atoms with Crippen LogP contribution in [0.25, 0.3) is 0 Å². The molecule has 1 aromatic carbocycles. The zero-order valence-electron chi connectivity index (χ0n) is 9.42. The van der Waals surface area contributed by atoms with E-state index in [0.717, 1.165) is 11.1 Å². The number of hydrogen-bond acceptors (Lipinski definition) is 4. The van der Waals surface area contributed by atoms with Crippen LogP contribution in [0.15, 0.2) is 35.2 Å². The van der Waals surface area contributed by atoms with Crippen LogP contribution < -0.4 is 11.1 Å². The summed E-state index contributed by atoms with van der Waals surface area (Å²) >= 11 is 6.29. The van der Waals surface area contributed by atoms with Crippen LogP contribution >= 0.6 is 23.6 Å². The van der Waals surface area contributed by atoms with Crippen LogP contribution in [0.5, 0.6) is 0 Å². The van der Waals surface area contributed by atoms with Crippen molar-refractivity contribution < 1.29 is 4.79 Å². The van der Waals surface area contributed by atoms with Crippen LogP contribution in [0, 0.1) is 0 Å². The molecule has 92 valence electrons. The summed E-state index contributed by atoms with van der Waals surface area (Å²) in [7, 11) is 0. The van der Waals surface area contributed by atoms with Gasteiger partial charge in [-0.25, -0.2) is 4.98 Å². The lowest BCUT2D eigenvalue weighted by atomic mass is 10.1. The summed E-state index contributed by atoms with van der Waals surface area (Å²) in [6.07, 6.45) is 0. The van der Waals surface area contributed by atoms with Crippen molar-refractivity contribution in [1.29, 1.82) is 0 Å². The molecule has 3 N–H and O–H groups in total. The van der Waals surface area contributed by atoms with Gasteiger partial charge in [0.1, 0.15) is 10.7 Å². The van der Waals surface area contributed by atoms with Crippen molar-refractivity contribution in [2.75, 3.05) is 0 Å². The van der Waals surface area contributed by atoms with E-state index in [-0.39, 0.29) is 5.91 Å². The highest BCUT2D eigenvalue weighted by Crippen LogP contribution is 2.06. The maximum Gasteiger partial charge on any atom is 0.271 e. The Hall–Kier alpha value is -1.79. The van der Waals surface area contributed by atoms with Gasteiger partial charge in [0, 0.05) is 17.5 Å². The van der Waals surface area contributed by atoms with Gasteiger partial charge in [-0.05, 0) is 11.6 Å². The maximum absolute atomic E-state index is 11.7. The minimum atomic E-state index is -0.183. The van der Waals surface area contributed by atoms with Gasteiger partial charge in [-0.2, -0.15) is 0 Å². The lowest BCUT2D eigenvalue weighted by molar-refractivity contribution is 0.0946. The van der Waals surface area contributed by atoms with E-state index in [1.165, 1.54) is 11.3 Å². The first-order chi connectivity index (χ1) is 8.66. The second kappa shape index (κ2) is 5.70. The van der Waals surface area contributed by atoms with Crippen LogP contribution in [0.2, 0.25) is 0 Å². The molecule has 0 unspecified atom stereocenters. The fourth-order valence-electron chi connectivity index (χ4n) is 1.43. The fourth-order valence-corrected chi connectivity index (χ4v) is 2.09. The molecule has 6 heteroatoms. The number of thiazole rings is 1. The van der Waals surface area contributed by atoms with Crippen molar-refractivity contribution in [3.8, 4) is 0 Å². The summed E-state index contributed by atoms with van der Waals surface area (Å²) in [5.41, 5.74) is 9.36. The largest absolute Gasteiger partial charge is 0.389 e. The van der Waals surface area contributed by atoms with Crippen LogP contribution in [0.3, 0.4) is 0 Å². The van der Waals surface area contributed by atoms with Gasteiger partial charge in [-0.1, -0.05) is 30.4 Å². The molecule has 0 aliphatic carbocycles. The highest BCUT2D eigenvalue weighted by Gasteiger charge is 2.07. The number of rotatable bonds is 4. The molecule has 0 bridgehead atoms. The monoisotopic (exact) mass is 277 g/mol. The Kier molecular flexibility index (Phi) is 4.01. The van der Waals surface area contributed by atoms with Gasteiger partial charge in [0.15, 0.2) is 0 Å². The molecule has 4 nitrogen and oxygen atoms in total. The summed E-state index contributed by atoms with van der Waals surface area (Å²) < 4.78 is 0. The second-order valence-corrected chi connectivity index (χ2v) is 4.78. The molecule has 0 spiro atoms. The molecule has 0 atom stereocenters. The maximum atomic E-state index is 11.7. The van der Waals surface area contributed by atoms with E-state index in [2.05, 4.69) is 10.3 Å². The predicted molar refractivity (Wildman–Crippen MR) is 75.6 cm³/mol. The van der Waals surface area contributed by atoms with E-state index >= 15 is 0 Å². The van der Waals surface area contributed by atoms with Crippen LogP contribution in [-0.2, 0) is 6.54 Å². The number of nitrogens with zero attached hydrogens (tertiary/aromatic N) is 1. The number of thiocarbonyl (C=S) groups is 1. The van der Waals surface area contributed by atoms with E-state index in [9.17, 15) is 4.79 Å². The number of benzene rings is 1. The van der Waals surface area contributed by atoms with Crippen molar-refractivity contribution in [3.63, 3.8) is 0 Å². The summed E-state index contributed by atoms with van der Waals surface area (Å²) in [5, 5.41) is 4.50. The van der Waals surface area contributed by atoms with E-state index in [0.29, 0.717) is 17.2 Å². The summed E-state index contributed by atoms with van der Waals surface area (Å²) in [5.74, 6) is -0.183. The second-order valence-electron chi connectivity index (χ2n) is 3.62. The van der Waals surface area contributed by atoms with Crippen LogP contribution in [0.1, 0.15) is 21.6 Å². The molecule has 2 aromatic rings. The summed E-state index contributed by atoms with van der Waals surface area (Å²) in [4.78, 5) is 16.0. The summed E-state index contributed by atoms with van der Waals surface area (Å²) in [6, 6.07) is 7.47. The number of nitrogens with two attached hydrogens (primary N) is 1. The number of carbonyl (C=O) groups excluding carboxylic acids is 1. The smallest absolute Gasteiger partial charge is 0.271 e. The predicted octanol–water partition coefficient (Wildman–Crippen LogP) is 1.71. The Morgan fingerprint density at radius 1 is 1.50 bits per heavy atom. The third-order valence-electron chi connectivity index (χ3n) is 2.33. The molecule has 1 amide bonds. The molecule has 0 fully saturated rings. The van der Waals surface area contributed by atoms with Gasteiger partial charge in [0.2, 0.25) is 0 Å². The Labute approximate surface area is 114 Å². The molecular formula is C12H11N3OS2. The third-order valence-corrected chi connectivity index (χ3v) is 3.15.